The van der Waals surface area contributed by atoms with Gasteiger partial charge in [-0.15, -0.1) is 0 Å². The molecular weight excluding hydrogens is 146 g/mol. The highest BCUT2D eigenvalue weighted by atomic mass is 15.1. The maximum Gasteiger partial charge on any atom is 0.0386 e. The molecule has 0 radical (unpaired) electrons. The minimum Gasteiger partial charge on any atom is -0.373 e. The lowest BCUT2D eigenvalue weighted by Crippen LogP contribution is -2.23. The number of rotatable bonds is 3. The standard InChI is InChI=1S/C11H19N/c1-4-5-7-12-8-6-10(2)11(3)9-12/h6,8H,4-5,7,9H2,1-3H3. The predicted molar refractivity (Wildman–Crippen MR) is 54.0 cm³/mol. The summed E-state index contributed by atoms with van der Waals surface area (Å²) in [4.78, 5) is 2.39. The van der Waals surface area contributed by atoms with E-state index in [2.05, 4.69) is 37.9 Å². The Morgan fingerprint density at radius 1 is 1.42 bits per heavy atom. The van der Waals surface area contributed by atoms with Gasteiger partial charge in [0.1, 0.15) is 0 Å². The van der Waals surface area contributed by atoms with E-state index >= 15 is 0 Å². The van der Waals surface area contributed by atoms with Gasteiger partial charge in [-0.2, -0.15) is 0 Å². The Kier molecular flexibility index (Phi) is 3.39. The Balaban J connectivity index is 2.40. The summed E-state index contributed by atoms with van der Waals surface area (Å²) < 4.78 is 0. The van der Waals surface area contributed by atoms with Gasteiger partial charge in [-0.3, -0.25) is 0 Å². The maximum absolute atomic E-state index is 2.39. The van der Waals surface area contributed by atoms with Gasteiger partial charge in [-0.1, -0.05) is 18.9 Å². The van der Waals surface area contributed by atoms with Crippen LogP contribution in [0.5, 0.6) is 0 Å². The maximum atomic E-state index is 2.39. The second-order valence-electron chi connectivity index (χ2n) is 3.60. The third-order valence-corrected chi connectivity index (χ3v) is 2.45. The monoisotopic (exact) mass is 165 g/mol. The molecule has 0 fully saturated rings. The van der Waals surface area contributed by atoms with Crippen LogP contribution in [0.4, 0.5) is 0 Å². The highest BCUT2D eigenvalue weighted by molar-refractivity contribution is 5.26. The Hall–Kier alpha value is -0.720. The summed E-state index contributed by atoms with van der Waals surface area (Å²) >= 11 is 0. The lowest BCUT2D eigenvalue weighted by atomic mass is 10.1. The molecule has 0 aromatic rings. The van der Waals surface area contributed by atoms with Gasteiger partial charge in [0.15, 0.2) is 0 Å². The van der Waals surface area contributed by atoms with Crippen LogP contribution in [0.1, 0.15) is 33.6 Å². The van der Waals surface area contributed by atoms with Gasteiger partial charge in [0.05, 0.1) is 0 Å². The molecule has 0 aliphatic carbocycles. The zero-order chi connectivity index (χ0) is 8.97. The molecule has 0 atom stereocenters. The lowest BCUT2D eigenvalue weighted by molar-refractivity contribution is 0.390. The zero-order valence-corrected chi connectivity index (χ0v) is 8.43. The molecular formula is C11H19N. The van der Waals surface area contributed by atoms with E-state index in [0.717, 1.165) is 6.54 Å². The molecule has 1 nitrogen and oxygen atoms in total. The van der Waals surface area contributed by atoms with Crippen molar-refractivity contribution in [2.45, 2.75) is 33.6 Å². The molecule has 0 aromatic heterocycles. The van der Waals surface area contributed by atoms with Crippen molar-refractivity contribution < 1.29 is 0 Å². The van der Waals surface area contributed by atoms with Crippen LogP contribution >= 0.6 is 0 Å². The molecule has 12 heavy (non-hydrogen) atoms. The first-order valence-corrected chi connectivity index (χ1v) is 4.82. The quantitative estimate of drug-likeness (QED) is 0.621. The minimum atomic E-state index is 1.13. The first-order valence-electron chi connectivity index (χ1n) is 4.82. The third kappa shape index (κ3) is 2.40. The molecule has 0 amide bonds. The van der Waals surface area contributed by atoms with Crippen LogP contribution in [-0.4, -0.2) is 18.0 Å². The van der Waals surface area contributed by atoms with E-state index in [1.807, 2.05) is 0 Å². The van der Waals surface area contributed by atoms with Gasteiger partial charge in [-0.25, -0.2) is 0 Å². The zero-order valence-electron chi connectivity index (χ0n) is 8.43. The van der Waals surface area contributed by atoms with E-state index in [-0.39, 0.29) is 0 Å². The molecule has 0 saturated carbocycles. The van der Waals surface area contributed by atoms with Gasteiger partial charge in [-0.05, 0) is 38.1 Å². The van der Waals surface area contributed by atoms with Crippen LogP contribution in [0, 0.1) is 0 Å². The number of nitrogens with zero attached hydrogens (tertiary/aromatic N) is 1. The van der Waals surface area contributed by atoms with Gasteiger partial charge in [0, 0.05) is 13.1 Å². The fraction of sp³-hybridized carbons (Fsp3) is 0.636. The Bertz CT molecular complexity index is 201. The van der Waals surface area contributed by atoms with Crippen LogP contribution in [-0.2, 0) is 0 Å². The summed E-state index contributed by atoms with van der Waals surface area (Å²) in [5.41, 5.74) is 2.94. The molecule has 0 spiro atoms. The highest BCUT2D eigenvalue weighted by Crippen LogP contribution is 2.13. The molecule has 0 N–H and O–H groups in total. The highest BCUT2D eigenvalue weighted by Gasteiger charge is 2.05. The van der Waals surface area contributed by atoms with Gasteiger partial charge in [0.25, 0.3) is 0 Å². The van der Waals surface area contributed by atoms with E-state index in [1.165, 1.54) is 30.5 Å². The Morgan fingerprint density at radius 3 is 2.75 bits per heavy atom. The van der Waals surface area contributed by atoms with Crippen LogP contribution < -0.4 is 0 Å². The molecule has 1 rings (SSSR count). The summed E-state index contributed by atoms with van der Waals surface area (Å²) in [6.45, 7) is 8.97. The lowest BCUT2D eigenvalue weighted by Gasteiger charge is -2.24. The van der Waals surface area contributed by atoms with E-state index in [0.29, 0.717) is 0 Å². The molecule has 1 heterocycles. The molecule has 0 bridgehead atoms. The first kappa shape index (κ1) is 9.37. The van der Waals surface area contributed by atoms with Crippen LogP contribution in [0.15, 0.2) is 23.4 Å². The predicted octanol–water partition coefficient (Wildman–Crippen LogP) is 2.95. The fourth-order valence-corrected chi connectivity index (χ4v) is 1.36. The molecule has 1 aliphatic rings. The molecule has 1 heteroatoms. The van der Waals surface area contributed by atoms with E-state index < -0.39 is 0 Å². The SMILES string of the molecule is CCCCN1C=CC(C)=C(C)C1. The smallest absolute Gasteiger partial charge is 0.0386 e. The molecule has 0 saturated heterocycles. The number of allylic oxidation sites excluding steroid dienone is 2. The molecule has 68 valence electrons. The van der Waals surface area contributed by atoms with Gasteiger partial charge >= 0.3 is 0 Å². The van der Waals surface area contributed by atoms with E-state index in [4.69, 9.17) is 0 Å². The van der Waals surface area contributed by atoms with Crippen molar-refractivity contribution >= 4 is 0 Å². The number of hydrogen-bond acceptors (Lipinski definition) is 1. The minimum absolute atomic E-state index is 1.13. The first-order chi connectivity index (χ1) is 5.74. The normalized spacial score (nSPS) is 17.4. The molecule has 0 unspecified atom stereocenters. The van der Waals surface area contributed by atoms with Crippen molar-refractivity contribution in [1.29, 1.82) is 0 Å². The van der Waals surface area contributed by atoms with Crippen molar-refractivity contribution in [2.75, 3.05) is 13.1 Å². The summed E-state index contributed by atoms with van der Waals surface area (Å²) in [6.07, 6.45) is 7.02. The van der Waals surface area contributed by atoms with E-state index in [9.17, 15) is 0 Å². The van der Waals surface area contributed by atoms with Crippen molar-refractivity contribution in [3.8, 4) is 0 Å². The van der Waals surface area contributed by atoms with Crippen molar-refractivity contribution in [3.05, 3.63) is 23.4 Å². The van der Waals surface area contributed by atoms with Crippen LogP contribution in [0.3, 0.4) is 0 Å². The largest absolute Gasteiger partial charge is 0.373 e. The number of hydrogen-bond donors (Lipinski definition) is 0. The van der Waals surface area contributed by atoms with E-state index in [1.54, 1.807) is 0 Å². The van der Waals surface area contributed by atoms with Crippen LogP contribution in [0.2, 0.25) is 0 Å². The second kappa shape index (κ2) is 4.34. The molecule has 0 aromatic carbocycles. The summed E-state index contributed by atoms with van der Waals surface area (Å²) in [6, 6.07) is 0. The van der Waals surface area contributed by atoms with Crippen LogP contribution in [0.25, 0.3) is 0 Å². The van der Waals surface area contributed by atoms with Gasteiger partial charge < -0.3 is 4.90 Å². The Morgan fingerprint density at radius 2 is 2.17 bits per heavy atom. The second-order valence-corrected chi connectivity index (χ2v) is 3.60. The fourth-order valence-electron chi connectivity index (χ4n) is 1.36. The van der Waals surface area contributed by atoms with Crippen molar-refractivity contribution in [2.24, 2.45) is 0 Å². The van der Waals surface area contributed by atoms with Gasteiger partial charge in [0.2, 0.25) is 0 Å². The average Bonchev–Trinajstić information content (AvgIpc) is 2.07. The Labute approximate surface area is 75.8 Å². The third-order valence-electron chi connectivity index (χ3n) is 2.45. The topological polar surface area (TPSA) is 3.24 Å². The van der Waals surface area contributed by atoms with Crippen molar-refractivity contribution in [3.63, 3.8) is 0 Å². The average molecular weight is 165 g/mol. The summed E-state index contributed by atoms with van der Waals surface area (Å²) in [5, 5.41) is 0. The molecule has 1 aliphatic heterocycles. The number of unbranched alkanes of at least 4 members (excludes halogenated alkanes) is 1. The summed E-state index contributed by atoms with van der Waals surface area (Å²) in [7, 11) is 0. The summed E-state index contributed by atoms with van der Waals surface area (Å²) in [5.74, 6) is 0. The van der Waals surface area contributed by atoms with Crippen molar-refractivity contribution in [1.82, 2.24) is 4.90 Å².